The van der Waals surface area contributed by atoms with Gasteiger partial charge in [-0.2, -0.15) is 4.31 Å². The van der Waals surface area contributed by atoms with Gasteiger partial charge < -0.3 is 10.1 Å². The fraction of sp³-hybridized carbons (Fsp3) is 0.316. The third-order valence-corrected chi connectivity index (χ3v) is 6.91. The number of nitrogens with one attached hydrogen (secondary N) is 1. The molecule has 1 amide bonds. The predicted molar refractivity (Wildman–Crippen MR) is 112 cm³/mol. The van der Waals surface area contributed by atoms with Crippen molar-refractivity contribution in [3.05, 3.63) is 52.1 Å². The predicted octanol–water partition coefficient (Wildman–Crippen LogP) is 3.48. The molecule has 6 nitrogen and oxygen atoms in total. The van der Waals surface area contributed by atoms with Crippen molar-refractivity contribution in [2.45, 2.75) is 24.2 Å². The summed E-state index contributed by atoms with van der Waals surface area (Å²) in [5, 5.41) is 2.75. The van der Waals surface area contributed by atoms with Crippen LogP contribution in [0.15, 0.2) is 53.4 Å². The Kier molecular flexibility index (Phi) is 6.72. The van der Waals surface area contributed by atoms with E-state index < -0.39 is 10.0 Å². The number of piperidine rings is 1. The molecule has 0 aromatic heterocycles. The third kappa shape index (κ3) is 5.43. The monoisotopic (exact) mass is 500 g/mol. The van der Waals surface area contributed by atoms with Crippen LogP contribution in [0, 0.1) is 3.57 Å². The second kappa shape index (κ2) is 9.03. The van der Waals surface area contributed by atoms with Crippen LogP contribution in [0.25, 0.3) is 0 Å². The van der Waals surface area contributed by atoms with Crippen molar-refractivity contribution in [2.24, 2.45) is 0 Å². The first kappa shape index (κ1) is 20.1. The van der Waals surface area contributed by atoms with Gasteiger partial charge in [0.05, 0.1) is 4.90 Å². The zero-order valence-electron chi connectivity index (χ0n) is 14.7. The number of halogens is 1. The summed E-state index contributed by atoms with van der Waals surface area (Å²) in [5.41, 5.74) is 0.701. The van der Waals surface area contributed by atoms with E-state index in [1.165, 1.54) is 16.4 Å². The number of hydrogen-bond acceptors (Lipinski definition) is 4. The number of carbonyl (C=O) groups is 1. The van der Waals surface area contributed by atoms with E-state index >= 15 is 0 Å². The maximum Gasteiger partial charge on any atom is 0.262 e. The highest BCUT2D eigenvalue weighted by Gasteiger charge is 2.25. The summed E-state index contributed by atoms with van der Waals surface area (Å²) in [6.07, 6.45) is 2.87. The quantitative estimate of drug-likeness (QED) is 0.617. The summed E-state index contributed by atoms with van der Waals surface area (Å²) < 4.78 is 33.3. The lowest BCUT2D eigenvalue weighted by molar-refractivity contribution is -0.118. The van der Waals surface area contributed by atoms with Crippen LogP contribution >= 0.6 is 22.6 Å². The number of anilines is 1. The van der Waals surface area contributed by atoms with E-state index in [1.54, 1.807) is 12.1 Å². The molecule has 0 aliphatic carbocycles. The van der Waals surface area contributed by atoms with E-state index in [9.17, 15) is 13.2 Å². The molecule has 1 N–H and O–H groups in total. The van der Waals surface area contributed by atoms with Crippen molar-refractivity contribution in [3.63, 3.8) is 0 Å². The Balaban J connectivity index is 1.55. The fourth-order valence-electron chi connectivity index (χ4n) is 2.84. The normalized spacial score (nSPS) is 15.3. The Labute approximate surface area is 173 Å². The molecule has 0 saturated carbocycles. The van der Waals surface area contributed by atoms with Gasteiger partial charge in [-0.15, -0.1) is 0 Å². The Bertz CT molecular complexity index is 877. The smallest absolute Gasteiger partial charge is 0.262 e. The molecule has 1 fully saturated rings. The van der Waals surface area contributed by atoms with Crippen LogP contribution in [0.3, 0.4) is 0 Å². The zero-order chi connectivity index (χ0) is 19.3. The van der Waals surface area contributed by atoms with Gasteiger partial charge in [0.25, 0.3) is 5.91 Å². The number of carbonyl (C=O) groups excluding carboxylic acids is 1. The molecule has 27 heavy (non-hydrogen) atoms. The van der Waals surface area contributed by atoms with E-state index in [-0.39, 0.29) is 17.4 Å². The van der Waals surface area contributed by atoms with Gasteiger partial charge in [0, 0.05) is 22.3 Å². The standard InChI is InChI=1S/C19H21IN2O4S/c20-15-4-6-16(7-5-15)21-19(23)14-26-17-8-10-18(11-9-17)27(24,25)22-12-2-1-3-13-22/h4-11H,1-3,12-14H2,(H,21,23). The molecule has 3 rings (SSSR count). The summed E-state index contributed by atoms with van der Waals surface area (Å²) in [6, 6.07) is 13.6. The van der Waals surface area contributed by atoms with Gasteiger partial charge in [0.1, 0.15) is 5.75 Å². The van der Waals surface area contributed by atoms with E-state index in [1.807, 2.05) is 24.3 Å². The minimum Gasteiger partial charge on any atom is -0.484 e. The van der Waals surface area contributed by atoms with Gasteiger partial charge in [0.15, 0.2) is 6.61 Å². The topological polar surface area (TPSA) is 75.7 Å². The van der Waals surface area contributed by atoms with E-state index in [2.05, 4.69) is 27.9 Å². The van der Waals surface area contributed by atoms with Gasteiger partial charge in [-0.05, 0) is 84.0 Å². The van der Waals surface area contributed by atoms with Crippen LogP contribution in [0.1, 0.15) is 19.3 Å². The number of ether oxygens (including phenoxy) is 1. The third-order valence-electron chi connectivity index (χ3n) is 4.27. The molecule has 0 radical (unpaired) electrons. The minimum atomic E-state index is -3.46. The van der Waals surface area contributed by atoms with Crippen LogP contribution in [-0.2, 0) is 14.8 Å². The number of benzene rings is 2. The molecule has 2 aromatic rings. The second-order valence-electron chi connectivity index (χ2n) is 6.28. The highest BCUT2D eigenvalue weighted by atomic mass is 127. The molecule has 0 bridgehead atoms. The lowest BCUT2D eigenvalue weighted by atomic mass is 10.2. The van der Waals surface area contributed by atoms with Gasteiger partial charge in [0.2, 0.25) is 10.0 Å². The highest BCUT2D eigenvalue weighted by Crippen LogP contribution is 2.22. The molecule has 144 valence electrons. The van der Waals surface area contributed by atoms with Gasteiger partial charge in [-0.1, -0.05) is 6.42 Å². The van der Waals surface area contributed by atoms with Gasteiger partial charge >= 0.3 is 0 Å². The average molecular weight is 500 g/mol. The van der Waals surface area contributed by atoms with Crippen LogP contribution < -0.4 is 10.1 Å². The molecular formula is C19H21IN2O4S. The van der Waals surface area contributed by atoms with E-state index in [4.69, 9.17) is 4.74 Å². The van der Waals surface area contributed by atoms with Crippen LogP contribution in [0.2, 0.25) is 0 Å². The molecule has 2 aromatic carbocycles. The molecule has 1 saturated heterocycles. The minimum absolute atomic E-state index is 0.149. The largest absolute Gasteiger partial charge is 0.484 e. The van der Waals surface area contributed by atoms with Crippen molar-refractivity contribution >= 4 is 44.2 Å². The van der Waals surface area contributed by atoms with Crippen LogP contribution in [-0.4, -0.2) is 38.3 Å². The SMILES string of the molecule is O=C(COc1ccc(S(=O)(=O)N2CCCCC2)cc1)Nc1ccc(I)cc1. The Morgan fingerprint density at radius 3 is 2.26 bits per heavy atom. The van der Waals surface area contributed by atoms with Gasteiger partial charge in [-0.25, -0.2) is 8.42 Å². The maximum absolute atomic E-state index is 12.6. The molecule has 1 aliphatic rings. The lowest BCUT2D eigenvalue weighted by Gasteiger charge is -2.25. The first-order valence-electron chi connectivity index (χ1n) is 8.73. The number of hydrogen-bond donors (Lipinski definition) is 1. The number of sulfonamides is 1. The van der Waals surface area contributed by atoms with Crippen molar-refractivity contribution < 1.29 is 17.9 Å². The summed E-state index contributed by atoms with van der Waals surface area (Å²) in [5.74, 6) is 0.173. The molecular weight excluding hydrogens is 479 g/mol. The fourth-order valence-corrected chi connectivity index (χ4v) is 4.72. The van der Waals surface area contributed by atoms with Crippen molar-refractivity contribution in [3.8, 4) is 5.75 Å². The molecule has 8 heteroatoms. The first-order valence-corrected chi connectivity index (χ1v) is 11.3. The van der Waals surface area contributed by atoms with E-state index in [0.717, 1.165) is 22.8 Å². The van der Waals surface area contributed by atoms with Crippen molar-refractivity contribution in [2.75, 3.05) is 25.0 Å². The molecule has 0 spiro atoms. The van der Waals surface area contributed by atoms with Crippen molar-refractivity contribution in [1.29, 1.82) is 0 Å². The van der Waals surface area contributed by atoms with E-state index in [0.29, 0.717) is 24.5 Å². The summed E-state index contributed by atoms with van der Waals surface area (Å²) >= 11 is 2.19. The van der Waals surface area contributed by atoms with Gasteiger partial charge in [-0.3, -0.25) is 4.79 Å². The maximum atomic E-state index is 12.6. The Morgan fingerprint density at radius 1 is 1.00 bits per heavy atom. The zero-order valence-corrected chi connectivity index (χ0v) is 17.7. The summed E-state index contributed by atoms with van der Waals surface area (Å²) in [4.78, 5) is 12.2. The Hall–Kier alpha value is -1.65. The van der Waals surface area contributed by atoms with Crippen LogP contribution in [0.4, 0.5) is 5.69 Å². The lowest BCUT2D eigenvalue weighted by Crippen LogP contribution is -2.35. The van der Waals surface area contributed by atoms with Crippen LogP contribution in [0.5, 0.6) is 5.75 Å². The number of nitrogens with zero attached hydrogens (tertiary/aromatic N) is 1. The first-order chi connectivity index (χ1) is 12.9. The summed E-state index contributed by atoms with van der Waals surface area (Å²) in [6.45, 7) is 0.989. The molecule has 0 unspecified atom stereocenters. The Morgan fingerprint density at radius 2 is 1.63 bits per heavy atom. The number of rotatable bonds is 6. The molecule has 1 heterocycles. The molecule has 1 aliphatic heterocycles. The highest BCUT2D eigenvalue weighted by molar-refractivity contribution is 14.1. The van der Waals surface area contributed by atoms with Crippen molar-refractivity contribution in [1.82, 2.24) is 4.31 Å². The average Bonchev–Trinajstić information content (AvgIpc) is 2.69. The summed E-state index contributed by atoms with van der Waals surface area (Å²) in [7, 11) is -3.46. The second-order valence-corrected chi connectivity index (χ2v) is 9.46. The number of amides is 1. The molecule has 0 atom stereocenters.